The van der Waals surface area contributed by atoms with E-state index in [1.165, 1.54) is 0 Å². The molecule has 0 aliphatic carbocycles. The van der Waals surface area contributed by atoms with E-state index in [0.29, 0.717) is 6.54 Å². The standard InChI is InChI=1S/C12H25N3O2/c1-5-7-14-11(16)9(4)15-12(17)10(13)8(3)6-2/h8-10H,5-7,13H2,1-4H3,(H,14,16)(H,15,17). The molecule has 5 nitrogen and oxygen atoms in total. The number of carbonyl (C=O) groups excluding carboxylic acids is 2. The average Bonchev–Trinajstić information content (AvgIpc) is 2.33. The van der Waals surface area contributed by atoms with Crippen LogP contribution in [0, 0.1) is 5.92 Å². The van der Waals surface area contributed by atoms with Crippen molar-refractivity contribution in [2.45, 2.75) is 52.6 Å². The number of amides is 2. The van der Waals surface area contributed by atoms with Crippen molar-refractivity contribution in [3.05, 3.63) is 0 Å². The van der Waals surface area contributed by atoms with E-state index in [2.05, 4.69) is 10.6 Å². The predicted octanol–water partition coefficient (Wildman–Crippen LogP) is 0.391. The molecule has 0 spiro atoms. The Morgan fingerprint density at radius 2 is 1.76 bits per heavy atom. The lowest BCUT2D eigenvalue weighted by atomic mass is 9.99. The Labute approximate surface area is 104 Å². The van der Waals surface area contributed by atoms with Gasteiger partial charge in [0.05, 0.1) is 6.04 Å². The Morgan fingerprint density at radius 3 is 2.24 bits per heavy atom. The SMILES string of the molecule is CCCNC(=O)C(C)NC(=O)C(N)C(C)CC. The molecule has 5 heteroatoms. The maximum atomic E-state index is 11.7. The van der Waals surface area contributed by atoms with E-state index in [0.717, 1.165) is 12.8 Å². The van der Waals surface area contributed by atoms with Crippen LogP contribution in [0.2, 0.25) is 0 Å². The van der Waals surface area contributed by atoms with Gasteiger partial charge in [-0.25, -0.2) is 0 Å². The van der Waals surface area contributed by atoms with E-state index in [1.807, 2.05) is 20.8 Å². The third-order valence-electron chi connectivity index (χ3n) is 2.86. The quantitative estimate of drug-likeness (QED) is 0.605. The molecule has 2 amide bonds. The maximum Gasteiger partial charge on any atom is 0.242 e. The van der Waals surface area contributed by atoms with E-state index >= 15 is 0 Å². The Balaban J connectivity index is 4.14. The van der Waals surface area contributed by atoms with E-state index in [-0.39, 0.29) is 17.7 Å². The Bertz CT molecular complexity index is 256. The van der Waals surface area contributed by atoms with E-state index in [1.54, 1.807) is 6.92 Å². The zero-order valence-corrected chi connectivity index (χ0v) is 11.2. The normalized spacial score (nSPS) is 15.8. The van der Waals surface area contributed by atoms with Crippen LogP contribution in [-0.2, 0) is 9.59 Å². The van der Waals surface area contributed by atoms with Gasteiger partial charge in [0.25, 0.3) is 0 Å². The number of hydrogen-bond acceptors (Lipinski definition) is 3. The summed E-state index contributed by atoms with van der Waals surface area (Å²) < 4.78 is 0. The lowest BCUT2D eigenvalue weighted by molar-refractivity contribution is -0.129. The highest BCUT2D eigenvalue weighted by Gasteiger charge is 2.22. The zero-order chi connectivity index (χ0) is 13.4. The van der Waals surface area contributed by atoms with Crippen molar-refractivity contribution in [1.29, 1.82) is 0 Å². The van der Waals surface area contributed by atoms with Crippen LogP contribution in [0.5, 0.6) is 0 Å². The van der Waals surface area contributed by atoms with E-state index in [9.17, 15) is 9.59 Å². The van der Waals surface area contributed by atoms with Gasteiger partial charge in [-0.05, 0) is 19.3 Å². The van der Waals surface area contributed by atoms with Gasteiger partial charge in [-0.15, -0.1) is 0 Å². The molecule has 0 aromatic carbocycles. The first-order valence-electron chi connectivity index (χ1n) is 6.27. The van der Waals surface area contributed by atoms with Crippen molar-refractivity contribution < 1.29 is 9.59 Å². The molecule has 0 saturated heterocycles. The van der Waals surface area contributed by atoms with Gasteiger partial charge in [-0.1, -0.05) is 27.2 Å². The fourth-order valence-corrected chi connectivity index (χ4v) is 1.29. The van der Waals surface area contributed by atoms with Gasteiger partial charge in [-0.2, -0.15) is 0 Å². The van der Waals surface area contributed by atoms with Crippen molar-refractivity contribution in [2.24, 2.45) is 11.7 Å². The summed E-state index contributed by atoms with van der Waals surface area (Å²) in [6.45, 7) is 8.16. The molecule has 0 aromatic rings. The van der Waals surface area contributed by atoms with Gasteiger partial charge in [-0.3, -0.25) is 9.59 Å². The molecular weight excluding hydrogens is 218 g/mol. The van der Waals surface area contributed by atoms with E-state index < -0.39 is 12.1 Å². The summed E-state index contributed by atoms with van der Waals surface area (Å²) in [4.78, 5) is 23.2. The molecule has 4 N–H and O–H groups in total. The second-order valence-electron chi connectivity index (χ2n) is 4.43. The zero-order valence-electron chi connectivity index (χ0n) is 11.2. The molecule has 3 atom stereocenters. The molecule has 0 fully saturated rings. The third-order valence-corrected chi connectivity index (χ3v) is 2.86. The molecule has 100 valence electrons. The number of rotatable bonds is 7. The lowest BCUT2D eigenvalue weighted by Gasteiger charge is -2.20. The van der Waals surface area contributed by atoms with Crippen molar-refractivity contribution in [3.63, 3.8) is 0 Å². The van der Waals surface area contributed by atoms with Gasteiger partial charge >= 0.3 is 0 Å². The number of nitrogens with one attached hydrogen (secondary N) is 2. The fourth-order valence-electron chi connectivity index (χ4n) is 1.29. The lowest BCUT2D eigenvalue weighted by Crippen LogP contribution is -2.52. The molecule has 3 unspecified atom stereocenters. The monoisotopic (exact) mass is 243 g/mol. The van der Waals surface area contributed by atoms with E-state index in [4.69, 9.17) is 5.73 Å². The number of hydrogen-bond donors (Lipinski definition) is 3. The molecular formula is C12H25N3O2. The summed E-state index contributed by atoms with van der Waals surface area (Å²) in [6, 6.07) is -1.09. The van der Waals surface area contributed by atoms with Gasteiger partial charge in [0.15, 0.2) is 0 Å². The summed E-state index contributed by atoms with van der Waals surface area (Å²) >= 11 is 0. The largest absolute Gasteiger partial charge is 0.354 e. The molecule has 0 aromatic heterocycles. The summed E-state index contributed by atoms with van der Waals surface area (Å²) in [6.07, 6.45) is 1.71. The first-order chi connectivity index (χ1) is 7.93. The highest BCUT2D eigenvalue weighted by molar-refractivity contribution is 5.89. The van der Waals surface area contributed by atoms with Gasteiger partial charge in [0.2, 0.25) is 11.8 Å². The van der Waals surface area contributed by atoms with Crippen LogP contribution in [-0.4, -0.2) is 30.4 Å². The van der Waals surface area contributed by atoms with Crippen LogP contribution >= 0.6 is 0 Å². The van der Waals surface area contributed by atoms with Crippen LogP contribution in [0.25, 0.3) is 0 Å². The van der Waals surface area contributed by atoms with Crippen LogP contribution in [0.15, 0.2) is 0 Å². The molecule has 0 saturated carbocycles. The average molecular weight is 243 g/mol. The number of nitrogens with two attached hydrogens (primary N) is 1. The summed E-state index contributed by atoms with van der Waals surface area (Å²) in [5, 5.41) is 5.35. The molecule has 0 aliphatic rings. The van der Waals surface area contributed by atoms with Gasteiger partial charge in [0, 0.05) is 6.54 Å². The van der Waals surface area contributed by atoms with Crippen molar-refractivity contribution in [3.8, 4) is 0 Å². The van der Waals surface area contributed by atoms with Crippen LogP contribution in [0.3, 0.4) is 0 Å². The smallest absolute Gasteiger partial charge is 0.242 e. The minimum Gasteiger partial charge on any atom is -0.354 e. The van der Waals surface area contributed by atoms with Gasteiger partial charge in [0.1, 0.15) is 6.04 Å². The number of carbonyl (C=O) groups is 2. The maximum absolute atomic E-state index is 11.7. The second-order valence-corrected chi connectivity index (χ2v) is 4.43. The molecule has 0 radical (unpaired) electrons. The Hall–Kier alpha value is -1.10. The highest BCUT2D eigenvalue weighted by Crippen LogP contribution is 2.05. The molecule has 0 aliphatic heterocycles. The first-order valence-corrected chi connectivity index (χ1v) is 6.27. The predicted molar refractivity (Wildman–Crippen MR) is 68.3 cm³/mol. The van der Waals surface area contributed by atoms with Crippen molar-refractivity contribution >= 4 is 11.8 Å². The minimum atomic E-state index is -0.554. The van der Waals surface area contributed by atoms with Crippen LogP contribution in [0.4, 0.5) is 0 Å². The summed E-state index contributed by atoms with van der Waals surface area (Å²) in [5.74, 6) is -0.323. The van der Waals surface area contributed by atoms with Crippen LogP contribution in [0.1, 0.15) is 40.5 Å². The van der Waals surface area contributed by atoms with Crippen LogP contribution < -0.4 is 16.4 Å². The third kappa shape index (κ3) is 5.68. The molecule has 17 heavy (non-hydrogen) atoms. The molecule has 0 heterocycles. The van der Waals surface area contributed by atoms with Crippen molar-refractivity contribution in [1.82, 2.24) is 10.6 Å². The Kier molecular flexibility index (Phi) is 7.54. The van der Waals surface area contributed by atoms with Gasteiger partial charge < -0.3 is 16.4 Å². The fraction of sp³-hybridized carbons (Fsp3) is 0.833. The Morgan fingerprint density at radius 1 is 1.18 bits per heavy atom. The van der Waals surface area contributed by atoms with Crippen molar-refractivity contribution in [2.75, 3.05) is 6.54 Å². The summed E-state index contributed by atoms with van der Waals surface area (Å²) in [7, 11) is 0. The minimum absolute atomic E-state index is 0.112. The highest BCUT2D eigenvalue weighted by atomic mass is 16.2. The summed E-state index contributed by atoms with van der Waals surface area (Å²) in [5.41, 5.74) is 5.78. The topological polar surface area (TPSA) is 84.2 Å². The molecule has 0 bridgehead atoms. The second kappa shape index (κ2) is 8.06. The molecule has 0 rings (SSSR count). The first kappa shape index (κ1) is 15.9.